The van der Waals surface area contributed by atoms with Crippen molar-refractivity contribution in [3.8, 4) is 11.4 Å². The molecule has 2 bridgehead atoms. The van der Waals surface area contributed by atoms with Crippen LogP contribution < -0.4 is 10.3 Å². The van der Waals surface area contributed by atoms with E-state index in [1.807, 2.05) is 24.3 Å². The summed E-state index contributed by atoms with van der Waals surface area (Å²) >= 11 is 1.29. The standard InChI is InChI=1S/C21H23N3O3S/c1-23-14-2-3-15(23)9-17(8-14)27-16-6-4-13(5-7-16)24-12-22-19-10-18(11-25)28-20(19)21(24)26/h4-7,10,12,14-15,17,25H,2-3,8-9,11H2,1H3/t14-,15+,17?. The van der Waals surface area contributed by atoms with E-state index in [9.17, 15) is 9.90 Å². The Balaban J connectivity index is 1.36. The number of piperidine rings is 1. The first-order valence-corrected chi connectivity index (χ1v) is 10.5. The van der Waals surface area contributed by atoms with Crippen molar-refractivity contribution in [2.45, 2.75) is 50.5 Å². The Morgan fingerprint density at radius 1 is 1.21 bits per heavy atom. The van der Waals surface area contributed by atoms with Crippen LogP contribution in [0.25, 0.3) is 15.9 Å². The predicted octanol–water partition coefficient (Wildman–Crippen LogP) is 2.94. The summed E-state index contributed by atoms with van der Waals surface area (Å²) in [4.78, 5) is 20.4. The first-order valence-electron chi connectivity index (χ1n) is 9.72. The van der Waals surface area contributed by atoms with Crippen LogP contribution in [0.15, 0.2) is 41.5 Å². The Kier molecular flexibility index (Phi) is 4.45. The third-order valence-corrected chi connectivity index (χ3v) is 7.21. The molecule has 28 heavy (non-hydrogen) atoms. The van der Waals surface area contributed by atoms with Gasteiger partial charge in [0.2, 0.25) is 0 Å². The number of fused-ring (bicyclic) bond motifs is 3. The number of aliphatic hydroxyl groups is 1. The molecular formula is C21H23N3O3S. The van der Waals surface area contributed by atoms with E-state index in [-0.39, 0.29) is 18.3 Å². The van der Waals surface area contributed by atoms with Crippen molar-refractivity contribution in [3.05, 3.63) is 51.9 Å². The number of nitrogens with zero attached hydrogens (tertiary/aromatic N) is 3. The minimum atomic E-state index is -0.115. The Labute approximate surface area is 167 Å². The van der Waals surface area contributed by atoms with Crippen LogP contribution in [0.1, 0.15) is 30.6 Å². The molecule has 0 radical (unpaired) electrons. The molecule has 3 aromatic rings. The first-order chi connectivity index (χ1) is 13.6. The van der Waals surface area contributed by atoms with E-state index >= 15 is 0 Å². The summed E-state index contributed by atoms with van der Waals surface area (Å²) in [5.41, 5.74) is 1.27. The summed E-state index contributed by atoms with van der Waals surface area (Å²) in [7, 11) is 2.23. The van der Waals surface area contributed by atoms with Gasteiger partial charge in [-0.3, -0.25) is 9.36 Å². The van der Waals surface area contributed by atoms with Crippen molar-refractivity contribution in [2.75, 3.05) is 7.05 Å². The van der Waals surface area contributed by atoms with Gasteiger partial charge in [-0.2, -0.15) is 0 Å². The maximum Gasteiger partial charge on any atom is 0.275 e. The second kappa shape index (κ2) is 6.99. The molecule has 0 spiro atoms. The van der Waals surface area contributed by atoms with Crippen LogP contribution >= 0.6 is 11.3 Å². The van der Waals surface area contributed by atoms with Crippen LogP contribution in [0.3, 0.4) is 0 Å². The summed E-state index contributed by atoms with van der Waals surface area (Å²) in [5.74, 6) is 0.846. The smallest absolute Gasteiger partial charge is 0.275 e. The van der Waals surface area contributed by atoms with Crippen molar-refractivity contribution in [2.24, 2.45) is 0 Å². The molecule has 3 atom stereocenters. The van der Waals surface area contributed by atoms with Gasteiger partial charge in [-0.15, -0.1) is 11.3 Å². The second-order valence-electron chi connectivity index (χ2n) is 7.76. The summed E-state index contributed by atoms with van der Waals surface area (Å²) in [5, 5.41) is 9.29. The zero-order valence-electron chi connectivity index (χ0n) is 15.7. The lowest BCUT2D eigenvalue weighted by atomic mass is 10.0. The van der Waals surface area contributed by atoms with Gasteiger partial charge in [-0.25, -0.2) is 4.98 Å². The normalized spacial score (nSPS) is 24.7. The highest BCUT2D eigenvalue weighted by Crippen LogP contribution is 2.36. The zero-order chi connectivity index (χ0) is 19.3. The number of benzene rings is 1. The molecule has 0 saturated carbocycles. The summed E-state index contributed by atoms with van der Waals surface area (Å²) in [6, 6.07) is 10.7. The Bertz CT molecular complexity index is 1040. The molecule has 2 aliphatic heterocycles. The van der Waals surface area contributed by atoms with E-state index in [0.717, 1.165) is 29.2 Å². The van der Waals surface area contributed by atoms with Crippen LogP contribution in [-0.2, 0) is 6.61 Å². The zero-order valence-corrected chi connectivity index (χ0v) is 16.6. The van der Waals surface area contributed by atoms with Crippen LogP contribution in [0.2, 0.25) is 0 Å². The molecule has 7 heteroatoms. The summed E-state index contributed by atoms with van der Waals surface area (Å²) in [6.07, 6.45) is 6.53. The minimum Gasteiger partial charge on any atom is -0.490 e. The maximum atomic E-state index is 12.8. The Morgan fingerprint density at radius 2 is 1.93 bits per heavy atom. The third kappa shape index (κ3) is 3.03. The SMILES string of the molecule is CN1[C@@H]2CC[C@H]1CC(Oc1ccc(-n3cnc4cc(CO)sc4c3=O)cc1)C2. The molecule has 1 aromatic carbocycles. The molecule has 146 valence electrons. The molecule has 1 N–H and O–H groups in total. The second-order valence-corrected chi connectivity index (χ2v) is 8.90. The van der Waals surface area contributed by atoms with Crippen LogP contribution in [0.5, 0.6) is 5.75 Å². The third-order valence-electron chi connectivity index (χ3n) is 6.12. The van der Waals surface area contributed by atoms with E-state index in [2.05, 4.69) is 16.9 Å². The number of hydrogen-bond donors (Lipinski definition) is 1. The Morgan fingerprint density at radius 3 is 2.61 bits per heavy atom. The Hall–Kier alpha value is -2.22. The molecule has 2 saturated heterocycles. The molecule has 6 nitrogen and oxygen atoms in total. The van der Waals surface area contributed by atoms with E-state index in [4.69, 9.17) is 4.74 Å². The highest BCUT2D eigenvalue weighted by atomic mass is 32.1. The molecular weight excluding hydrogens is 374 g/mol. The quantitative estimate of drug-likeness (QED) is 0.733. The van der Waals surface area contributed by atoms with Gasteiger partial charge in [0.25, 0.3) is 5.56 Å². The van der Waals surface area contributed by atoms with E-state index < -0.39 is 0 Å². The maximum absolute atomic E-state index is 12.8. The van der Waals surface area contributed by atoms with E-state index in [1.54, 1.807) is 17.0 Å². The molecule has 5 rings (SSSR count). The van der Waals surface area contributed by atoms with Gasteiger partial charge in [-0.1, -0.05) is 0 Å². The lowest BCUT2D eigenvalue weighted by molar-refractivity contribution is 0.0662. The monoisotopic (exact) mass is 397 g/mol. The van der Waals surface area contributed by atoms with Gasteiger partial charge >= 0.3 is 0 Å². The van der Waals surface area contributed by atoms with E-state index in [0.29, 0.717) is 22.3 Å². The number of ether oxygens (including phenoxy) is 1. The fraction of sp³-hybridized carbons (Fsp3) is 0.429. The van der Waals surface area contributed by atoms with Gasteiger partial charge in [0, 0.05) is 17.0 Å². The van der Waals surface area contributed by atoms with Gasteiger partial charge in [0.1, 0.15) is 22.9 Å². The molecule has 4 heterocycles. The number of thiophene rings is 1. The highest BCUT2D eigenvalue weighted by molar-refractivity contribution is 7.18. The van der Waals surface area contributed by atoms with Crippen LogP contribution in [0, 0.1) is 0 Å². The molecule has 2 aromatic heterocycles. The summed E-state index contributed by atoms with van der Waals surface area (Å²) < 4.78 is 8.34. The number of rotatable bonds is 4. The van der Waals surface area contributed by atoms with Crippen LogP contribution in [-0.4, -0.2) is 44.8 Å². The number of aromatic nitrogens is 2. The first kappa shape index (κ1) is 17.8. The average Bonchev–Trinajstić information content (AvgIpc) is 3.21. The minimum absolute atomic E-state index is 0.0782. The van der Waals surface area contributed by atoms with Crippen molar-refractivity contribution >= 4 is 21.6 Å². The van der Waals surface area contributed by atoms with Gasteiger partial charge in [0.05, 0.1) is 17.8 Å². The van der Waals surface area contributed by atoms with E-state index in [1.165, 1.54) is 24.2 Å². The van der Waals surface area contributed by atoms with Crippen molar-refractivity contribution < 1.29 is 9.84 Å². The number of aliphatic hydroxyl groups excluding tert-OH is 1. The van der Waals surface area contributed by atoms with Gasteiger partial charge in [-0.05, 0) is 63.1 Å². The largest absolute Gasteiger partial charge is 0.490 e. The molecule has 2 aliphatic rings. The molecule has 1 unspecified atom stereocenters. The lowest BCUT2D eigenvalue weighted by Gasteiger charge is -2.36. The average molecular weight is 398 g/mol. The van der Waals surface area contributed by atoms with Crippen molar-refractivity contribution in [1.82, 2.24) is 14.5 Å². The van der Waals surface area contributed by atoms with Crippen molar-refractivity contribution in [3.63, 3.8) is 0 Å². The highest BCUT2D eigenvalue weighted by Gasteiger charge is 2.39. The molecule has 0 amide bonds. The van der Waals surface area contributed by atoms with Gasteiger partial charge in [0.15, 0.2) is 0 Å². The lowest BCUT2D eigenvalue weighted by Crippen LogP contribution is -2.43. The van der Waals surface area contributed by atoms with Crippen LogP contribution in [0.4, 0.5) is 0 Å². The predicted molar refractivity (Wildman–Crippen MR) is 109 cm³/mol. The molecule has 2 fully saturated rings. The van der Waals surface area contributed by atoms with Crippen molar-refractivity contribution in [1.29, 1.82) is 0 Å². The fourth-order valence-electron chi connectivity index (χ4n) is 4.56. The fourth-order valence-corrected chi connectivity index (χ4v) is 5.46. The summed E-state index contributed by atoms with van der Waals surface area (Å²) in [6.45, 7) is -0.0782. The topological polar surface area (TPSA) is 67.6 Å². The molecule has 0 aliphatic carbocycles. The number of hydrogen-bond acceptors (Lipinski definition) is 6. The van der Waals surface area contributed by atoms with Gasteiger partial charge < -0.3 is 14.7 Å².